The van der Waals surface area contributed by atoms with Crippen LogP contribution < -0.4 is 10.4 Å². The lowest BCUT2D eigenvalue weighted by Gasteiger charge is -2.13. The van der Waals surface area contributed by atoms with E-state index in [4.69, 9.17) is 9.47 Å². The van der Waals surface area contributed by atoms with Gasteiger partial charge in [-0.1, -0.05) is 26.0 Å². The van der Waals surface area contributed by atoms with E-state index in [-0.39, 0.29) is 12.0 Å². The molecule has 0 saturated carbocycles. The normalized spacial score (nSPS) is 15.7. The molecule has 1 aliphatic rings. The number of rotatable bonds is 5. The monoisotopic (exact) mass is 367 g/mol. The van der Waals surface area contributed by atoms with E-state index in [1.54, 1.807) is 12.1 Å². The summed E-state index contributed by atoms with van der Waals surface area (Å²) in [5.41, 5.74) is 2.76. The zero-order chi connectivity index (χ0) is 19.0. The lowest BCUT2D eigenvalue weighted by atomic mass is 10.0. The first-order valence-electron chi connectivity index (χ1n) is 9.02. The highest BCUT2D eigenvalue weighted by molar-refractivity contribution is 5.46. The van der Waals surface area contributed by atoms with Crippen molar-refractivity contribution in [2.75, 3.05) is 0 Å². The smallest absolute Gasteiger partial charge is 0.333 e. The Morgan fingerprint density at radius 2 is 2.19 bits per heavy atom. The van der Waals surface area contributed by atoms with Gasteiger partial charge in [0.2, 0.25) is 11.8 Å². The van der Waals surface area contributed by atoms with E-state index in [9.17, 15) is 9.90 Å². The van der Waals surface area contributed by atoms with Crippen LogP contribution in [0.2, 0.25) is 0 Å². The van der Waals surface area contributed by atoms with Crippen molar-refractivity contribution in [2.45, 2.75) is 39.4 Å². The minimum Gasteiger partial charge on any atom is -0.493 e. The molecular formula is C20H21N3O4. The van der Waals surface area contributed by atoms with Crippen molar-refractivity contribution >= 4 is 0 Å². The van der Waals surface area contributed by atoms with Crippen molar-refractivity contribution < 1.29 is 14.6 Å². The van der Waals surface area contributed by atoms with Gasteiger partial charge in [-0.2, -0.15) is 0 Å². The third kappa shape index (κ3) is 3.00. The van der Waals surface area contributed by atoms with Crippen LogP contribution in [0.1, 0.15) is 43.2 Å². The summed E-state index contributed by atoms with van der Waals surface area (Å²) in [5, 5.41) is 10.2. The lowest BCUT2D eigenvalue weighted by molar-refractivity contribution is 0.0627. The van der Waals surface area contributed by atoms with Crippen LogP contribution in [0.4, 0.5) is 0 Å². The molecule has 1 aliphatic heterocycles. The third-order valence-electron chi connectivity index (χ3n) is 4.78. The first-order valence-corrected chi connectivity index (χ1v) is 9.02. The van der Waals surface area contributed by atoms with Crippen LogP contribution in [0.3, 0.4) is 0 Å². The molecule has 0 fully saturated rings. The van der Waals surface area contributed by atoms with Gasteiger partial charge in [0.05, 0.1) is 30.3 Å². The lowest BCUT2D eigenvalue weighted by Crippen LogP contribution is -2.14. The zero-order valence-corrected chi connectivity index (χ0v) is 15.2. The number of nitrogens with one attached hydrogen (secondary N) is 1. The van der Waals surface area contributed by atoms with Gasteiger partial charge in [0.25, 0.3) is 0 Å². The van der Waals surface area contributed by atoms with Gasteiger partial charge in [0.1, 0.15) is 5.75 Å². The molecule has 1 unspecified atom stereocenters. The van der Waals surface area contributed by atoms with Gasteiger partial charge in [-0.25, -0.2) is 14.3 Å². The molecule has 2 aromatic heterocycles. The summed E-state index contributed by atoms with van der Waals surface area (Å²) < 4.78 is 13.0. The van der Waals surface area contributed by atoms with Crippen LogP contribution in [0.25, 0.3) is 5.69 Å². The average molecular weight is 367 g/mol. The van der Waals surface area contributed by atoms with Crippen molar-refractivity contribution in [3.63, 3.8) is 0 Å². The van der Waals surface area contributed by atoms with Crippen LogP contribution in [-0.4, -0.2) is 19.6 Å². The number of imidazole rings is 1. The van der Waals surface area contributed by atoms with Gasteiger partial charge in [-0.3, -0.25) is 0 Å². The molecule has 3 aromatic rings. The molecule has 7 nitrogen and oxygen atoms in total. The fourth-order valence-corrected chi connectivity index (χ4v) is 3.40. The van der Waals surface area contributed by atoms with Crippen LogP contribution in [0.15, 0.2) is 41.3 Å². The first-order chi connectivity index (χ1) is 13.1. The summed E-state index contributed by atoms with van der Waals surface area (Å²) in [5.74, 6) is 1.04. The number of aromatic amines is 1. The Labute approximate surface area is 156 Å². The Kier molecular flexibility index (Phi) is 4.45. The summed E-state index contributed by atoms with van der Waals surface area (Å²) in [6.45, 7) is 4.53. The van der Waals surface area contributed by atoms with E-state index in [2.05, 4.69) is 16.9 Å². The summed E-state index contributed by atoms with van der Waals surface area (Å²) in [7, 11) is 0. The molecule has 2 N–H and O–H groups in total. The molecule has 3 heterocycles. The van der Waals surface area contributed by atoms with Crippen LogP contribution in [0.5, 0.6) is 17.5 Å². The van der Waals surface area contributed by atoms with Crippen molar-refractivity contribution in [1.82, 2.24) is 14.5 Å². The average Bonchev–Trinajstić information content (AvgIpc) is 3.23. The standard InChI is InChI=1S/C20H21N3O4/c1-3-14-19(24)23(20(25)22-14)13-8-9-17(21-10-13)27-16-7-5-6-12-11-26-15(4-2)18(12)16/h5-10,15,24H,3-4,11H2,1-2H3,(H,22,25). The number of aromatic hydroxyl groups is 1. The number of benzene rings is 1. The van der Waals surface area contributed by atoms with E-state index in [0.717, 1.165) is 23.3 Å². The highest BCUT2D eigenvalue weighted by Gasteiger charge is 2.26. The van der Waals surface area contributed by atoms with Crippen LogP contribution in [0, 0.1) is 0 Å². The molecule has 0 saturated heterocycles. The molecule has 7 heteroatoms. The predicted molar refractivity (Wildman–Crippen MR) is 99.6 cm³/mol. The van der Waals surface area contributed by atoms with Gasteiger partial charge in [-0.05, 0) is 30.5 Å². The number of H-pyrrole nitrogens is 1. The summed E-state index contributed by atoms with van der Waals surface area (Å²) >= 11 is 0. The second-order valence-corrected chi connectivity index (χ2v) is 6.41. The van der Waals surface area contributed by atoms with Crippen molar-refractivity contribution in [2.24, 2.45) is 0 Å². The molecule has 0 amide bonds. The minimum atomic E-state index is -0.399. The molecule has 1 aromatic carbocycles. The van der Waals surface area contributed by atoms with Crippen molar-refractivity contribution in [3.8, 4) is 23.2 Å². The molecular weight excluding hydrogens is 346 g/mol. The molecule has 0 radical (unpaired) electrons. The Morgan fingerprint density at radius 3 is 2.85 bits per heavy atom. The fourth-order valence-electron chi connectivity index (χ4n) is 3.40. The third-order valence-corrected chi connectivity index (χ3v) is 4.78. The van der Waals surface area contributed by atoms with E-state index in [1.165, 1.54) is 10.8 Å². The van der Waals surface area contributed by atoms with Gasteiger partial charge in [0.15, 0.2) is 0 Å². The Morgan fingerprint density at radius 1 is 1.33 bits per heavy atom. The maximum Gasteiger partial charge on any atom is 0.333 e. The van der Waals surface area contributed by atoms with Gasteiger partial charge in [-0.15, -0.1) is 0 Å². The molecule has 0 spiro atoms. The summed E-state index contributed by atoms with van der Waals surface area (Å²) in [6.07, 6.45) is 2.93. The highest BCUT2D eigenvalue weighted by atomic mass is 16.5. The highest BCUT2D eigenvalue weighted by Crippen LogP contribution is 2.40. The van der Waals surface area contributed by atoms with Gasteiger partial charge in [0, 0.05) is 11.6 Å². The number of aryl methyl sites for hydroxylation is 1. The largest absolute Gasteiger partial charge is 0.493 e. The molecule has 27 heavy (non-hydrogen) atoms. The van der Waals surface area contributed by atoms with E-state index < -0.39 is 5.69 Å². The van der Waals surface area contributed by atoms with Gasteiger partial charge >= 0.3 is 5.69 Å². The number of fused-ring (bicyclic) bond motifs is 1. The van der Waals surface area contributed by atoms with E-state index in [1.807, 2.05) is 25.1 Å². The minimum absolute atomic E-state index is 0.0262. The Hall–Kier alpha value is -3.06. The number of ether oxygens (including phenoxy) is 2. The molecule has 140 valence electrons. The zero-order valence-electron chi connectivity index (χ0n) is 15.2. The Balaban J connectivity index is 1.63. The summed E-state index contributed by atoms with van der Waals surface area (Å²) in [6, 6.07) is 9.25. The second-order valence-electron chi connectivity index (χ2n) is 6.41. The van der Waals surface area contributed by atoms with Crippen molar-refractivity contribution in [1.29, 1.82) is 0 Å². The van der Waals surface area contributed by atoms with E-state index >= 15 is 0 Å². The number of pyridine rings is 1. The number of aromatic nitrogens is 3. The topological polar surface area (TPSA) is 89.4 Å². The number of nitrogens with zero attached hydrogens (tertiary/aromatic N) is 2. The first kappa shape index (κ1) is 17.4. The number of hydrogen-bond acceptors (Lipinski definition) is 5. The van der Waals surface area contributed by atoms with Gasteiger partial charge < -0.3 is 19.6 Å². The Bertz CT molecular complexity index is 1020. The molecule has 1 atom stereocenters. The molecule has 0 bridgehead atoms. The predicted octanol–water partition coefficient (Wildman–Crippen LogP) is 3.60. The second kappa shape index (κ2) is 6.92. The summed E-state index contributed by atoms with van der Waals surface area (Å²) in [4.78, 5) is 19.0. The SMILES string of the molecule is CCc1[nH]c(=O)n(-c2ccc(Oc3cccc4c3C(CC)OC4)nc2)c1O. The fraction of sp³-hybridized carbons (Fsp3) is 0.300. The molecule has 4 rings (SSSR count). The maximum absolute atomic E-state index is 12.1. The van der Waals surface area contributed by atoms with Crippen molar-refractivity contribution in [3.05, 3.63) is 63.8 Å². The van der Waals surface area contributed by atoms with Crippen LogP contribution >= 0.6 is 0 Å². The number of hydrogen-bond donors (Lipinski definition) is 2. The molecule has 0 aliphatic carbocycles. The van der Waals surface area contributed by atoms with Crippen LogP contribution in [-0.2, 0) is 17.8 Å². The maximum atomic E-state index is 12.1. The quantitative estimate of drug-likeness (QED) is 0.719. The van der Waals surface area contributed by atoms with E-state index in [0.29, 0.717) is 30.3 Å².